The first-order valence-corrected chi connectivity index (χ1v) is 10.5. The molecule has 1 aromatic carbocycles. The van der Waals surface area contributed by atoms with E-state index in [0.29, 0.717) is 33.7 Å². The van der Waals surface area contributed by atoms with Crippen molar-refractivity contribution in [2.45, 2.75) is 32.2 Å². The monoisotopic (exact) mass is 435 g/mol. The Morgan fingerprint density at radius 1 is 0.966 bits per heavy atom. The minimum Gasteiger partial charge on any atom is -0.342 e. The predicted octanol–water partition coefficient (Wildman–Crippen LogP) is 3.17. The summed E-state index contributed by atoms with van der Waals surface area (Å²) < 4.78 is 4.47. The Morgan fingerprint density at radius 3 is 2.31 bits per heavy atom. The van der Waals surface area contributed by atoms with E-state index in [9.17, 15) is 9.59 Å². The number of fused-ring (bicyclic) bond motifs is 1. The second-order valence-electron chi connectivity index (χ2n) is 7.53. The normalized spacial score (nSPS) is 15.1. The number of halogens is 2. The van der Waals surface area contributed by atoms with Crippen LogP contribution in [-0.4, -0.2) is 31.8 Å². The molecule has 0 radical (unpaired) electrons. The van der Waals surface area contributed by atoms with Crippen LogP contribution in [0.25, 0.3) is 11.2 Å². The van der Waals surface area contributed by atoms with Crippen molar-refractivity contribution in [3.05, 3.63) is 54.6 Å². The van der Waals surface area contributed by atoms with Gasteiger partial charge < -0.3 is 4.90 Å². The first-order chi connectivity index (χ1) is 13.9. The van der Waals surface area contributed by atoms with Gasteiger partial charge in [0.1, 0.15) is 0 Å². The van der Waals surface area contributed by atoms with E-state index in [4.69, 9.17) is 28.2 Å². The first-order valence-electron chi connectivity index (χ1n) is 9.73. The van der Waals surface area contributed by atoms with Gasteiger partial charge in [0.25, 0.3) is 5.56 Å². The predicted molar refractivity (Wildman–Crippen MR) is 116 cm³/mol. The van der Waals surface area contributed by atoms with Crippen molar-refractivity contribution < 1.29 is 0 Å². The molecule has 29 heavy (non-hydrogen) atoms. The summed E-state index contributed by atoms with van der Waals surface area (Å²) in [6.07, 6.45) is 4.52. The maximum Gasteiger partial charge on any atom is 0.332 e. The van der Waals surface area contributed by atoms with Crippen molar-refractivity contribution in [3.8, 4) is 0 Å². The minimum absolute atomic E-state index is 0.350. The van der Waals surface area contributed by atoms with Crippen molar-refractivity contribution in [3.63, 3.8) is 0 Å². The summed E-state index contributed by atoms with van der Waals surface area (Å²) in [7, 11) is 3.14. The zero-order valence-electron chi connectivity index (χ0n) is 16.5. The Labute approximate surface area is 178 Å². The number of nitrogens with zero attached hydrogens (tertiary/aromatic N) is 5. The van der Waals surface area contributed by atoms with Gasteiger partial charge in [0, 0.05) is 27.2 Å². The van der Waals surface area contributed by atoms with Gasteiger partial charge in [-0.05, 0) is 30.5 Å². The molecule has 0 saturated carbocycles. The molecule has 9 heteroatoms. The molecule has 0 spiro atoms. The molecule has 154 valence electrons. The lowest BCUT2D eigenvalue weighted by molar-refractivity contribution is 0.697. The number of anilines is 1. The summed E-state index contributed by atoms with van der Waals surface area (Å²) in [5.41, 5.74) is 0.990. The molecule has 1 fully saturated rings. The lowest BCUT2D eigenvalue weighted by Crippen LogP contribution is -2.37. The zero-order chi connectivity index (χ0) is 20.7. The van der Waals surface area contributed by atoms with Gasteiger partial charge in [-0.1, -0.05) is 42.1 Å². The molecule has 1 aliphatic heterocycles. The van der Waals surface area contributed by atoms with Crippen LogP contribution in [0.1, 0.15) is 31.2 Å². The molecule has 4 rings (SSSR count). The SMILES string of the molecule is Cn1c(=O)c2c(nc(N3CCCCCC3)n2Cc2ccc(Cl)c(Cl)c2)n(C)c1=O. The van der Waals surface area contributed by atoms with Crippen LogP contribution in [0.5, 0.6) is 0 Å². The van der Waals surface area contributed by atoms with E-state index in [2.05, 4.69) is 4.90 Å². The van der Waals surface area contributed by atoms with Crippen molar-refractivity contribution in [2.75, 3.05) is 18.0 Å². The van der Waals surface area contributed by atoms with Gasteiger partial charge in [0.2, 0.25) is 5.95 Å². The van der Waals surface area contributed by atoms with Crippen LogP contribution in [0.3, 0.4) is 0 Å². The molecule has 0 amide bonds. The first kappa shape index (κ1) is 20.0. The van der Waals surface area contributed by atoms with Crippen molar-refractivity contribution in [1.82, 2.24) is 18.7 Å². The second-order valence-corrected chi connectivity index (χ2v) is 8.34. The number of benzene rings is 1. The van der Waals surface area contributed by atoms with E-state index < -0.39 is 0 Å². The Hall–Kier alpha value is -2.25. The number of hydrogen-bond acceptors (Lipinski definition) is 4. The van der Waals surface area contributed by atoms with Crippen LogP contribution in [0.15, 0.2) is 27.8 Å². The summed E-state index contributed by atoms with van der Waals surface area (Å²) in [4.78, 5) is 32.4. The Balaban J connectivity index is 1.95. The summed E-state index contributed by atoms with van der Waals surface area (Å²) in [5, 5.41) is 0.946. The van der Waals surface area contributed by atoms with Gasteiger partial charge in [-0.2, -0.15) is 4.98 Å². The smallest absolute Gasteiger partial charge is 0.332 e. The summed E-state index contributed by atoms with van der Waals surface area (Å²) >= 11 is 12.3. The van der Waals surface area contributed by atoms with Crippen LogP contribution in [0.2, 0.25) is 10.0 Å². The highest BCUT2D eigenvalue weighted by Crippen LogP contribution is 2.27. The third-order valence-corrected chi connectivity index (χ3v) is 6.28. The molecule has 0 N–H and O–H groups in total. The fraction of sp³-hybridized carbons (Fsp3) is 0.450. The molecule has 0 bridgehead atoms. The number of hydrogen-bond donors (Lipinski definition) is 0. The number of imidazole rings is 1. The molecular formula is C20H23Cl2N5O2. The van der Waals surface area contributed by atoms with E-state index in [0.717, 1.165) is 36.1 Å². The third kappa shape index (κ3) is 3.57. The molecule has 0 atom stereocenters. The van der Waals surface area contributed by atoms with Crippen molar-refractivity contribution in [1.29, 1.82) is 0 Å². The standard InChI is InChI=1S/C20H23Cl2N5O2/c1-24-17-16(18(28)25(2)20(24)29)27(12-13-7-8-14(21)15(22)11-13)19(23-17)26-9-5-3-4-6-10-26/h7-8,11H,3-6,9-10,12H2,1-2H3. The van der Waals surface area contributed by atoms with Crippen LogP contribution in [-0.2, 0) is 20.6 Å². The molecule has 2 aromatic heterocycles. The molecule has 1 saturated heterocycles. The highest BCUT2D eigenvalue weighted by atomic mass is 35.5. The highest BCUT2D eigenvalue weighted by molar-refractivity contribution is 6.42. The van der Waals surface area contributed by atoms with Crippen LogP contribution >= 0.6 is 23.2 Å². The van der Waals surface area contributed by atoms with Gasteiger partial charge >= 0.3 is 5.69 Å². The topological polar surface area (TPSA) is 65.1 Å². The zero-order valence-corrected chi connectivity index (χ0v) is 18.0. The molecule has 0 aliphatic carbocycles. The highest BCUT2D eigenvalue weighted by Gasteiger charge is 2.23. The molecule has 3 aromatic rings. The van der Waals surface area contributed by atoms with Crippen LogP contribution in [0.4, 0.5) is 5.95 Å². The molecule has 3 heterocycles. The molecular weight excluding hydrogens is 413 g/mol. The largest absolute Gasteiger partial charge is 0.342 e. The summed E-state index contributed by atoms with van der Waals surface area (Å²) in [5.74, 6) is 0.714. The van der Waals surface area contributed by atoms with Crippen molar-refractivity contribution >= 4 is 40.3 Å². The Kier molecular flexibility index (Phi) is 5.44. The molecule has 0 unspecified atom stereocenters. The van der Waals surface area contributed by atoms with Gasteiger partial charge in [0.05, 0.1) is 16.6 Å². The Bertz CT molecular complexity index is 1190. The fourth-order valence-electron chi connectivity index (χ4n) is 3.92. The van der Waals surface area contributed by atoms with E-state index in [1.807, 2.05) is 10.6 Å². The number of aromatic nitrogens is 4. The van der Waals surface area contributed by atoms with Crippen molar-refractivity contribution in [2.24, 2.45) is 14.1 Å². The molecule has 1 aliphatic rings. The molecule has 7 nitrogen and oxygen atoms in total. The van der Waals surface area contributed by atoms with Gasteiger partial charge in [0.15, 0.2) is 11.2 Å². The van der Waals surface area contributed by atoms with Crippen LogP contribution in [0, 0.1) is 0 Å². The lowest BCUT2D eigenvalue weighted by atomic mass is 10.2. The maximum atomic E-state index is 13.0. The van der Waals surface area contributed by atoms with Gasteiger partial charge in [-0.25, -0.2) is 4.79 Å². The maximum absolute atomic E-state index is 13.0. The van der Waals surface area contributed by atoms with E-state index >= 15 is 0 Å². The quantitative estimate of drug-likeness (QED) is 0.633. The lowest BCUT2D eigenvalue weighted by Gasteiger charge is -2.22. The number of rotatable bonds is 3. The average molecular weight is 436 g/mol. The summed E-state index contributed by atoms with van der Waals surface area (Å²) in [6.45, 7) is 2.16. The minimum atomic E-state index is -0.385. The summed E-state index contributed by atoms with van der Waals surface area (Å²) in [6, 6.07) is 5.44. The Morgan fingerprint density at radius 2 is 1.66 bits per heavy atom. The van der Waals surface area contributed by atoms with E-state index in [1.54, 1.807) is 19.2 Å². The fourth-order valence-corrected chi connectivity index (χ4v) is 4.24. The van der Waals surface area contributed by atoms with Crippen LogP contribution < -0.4 is 16.1 Å². The third-order valence-electron chi connectivity index (χ3n) is 5.54. The average Bonchev–Trinajstić information content (AvgIpc) is 2.88. The number of aryl methyl sites for hydroxylation is 1. The second kappa shape index (κ2) is 7.88. The van der Waals surface area contributed by atoms with E-state index in [-0.39, 0.29) is 11.2 Å². The van der Waals surface area contributed by atoms with Gasteiger partial charge in [-0.3, -0.25) is 18.5 Å². The van der Waals surface area contributed by atoms with E-state index in [1.165, 1.54) is 24.5 Å². The van der Waals surface area contributed by atoms with Gasteiger partial charge in [-0.15, -0.1) is 0 Å².